The number of aromatic nitrogens is 2. The van der Waals surface area contributed by atoms with Gasteiger partial charge in [-0.15, -0.1) is 0 Å². The maximum Gasteiger partial charge on any atom is 0.255 e. The fourth-order valence-corrected chi connectivity index (χ4v) is 4.21. The number of hydrogen-bond donors (Lipinski definition) is 3. The molecule has 154 valence electrons. The van der Waals surface area contributed by atoms with Crippen LogP contribution < -0.4 is 16.0 Å². The lowest BCUT2D eigenvalue weighted by Gasteiger charge is -2.29. The van der Waals surface area contributed by atoms with Crippen LogP contribution in [0.25, 0.3) is 0 Å². The molecule has 30 heavy (non-hydrogen) atoms. The molecule has 1 atom stereocenters. The Morgan fingerprint density at radius 3 is 2.93 bits per heavy atom. The Morgan fingerprint density at radius 1 is 1.17 bits per heavy atom. The number of carbonyl (C=O) groups excluding carboxylic acids is 3. The number of fused-ring (bicyclic) bond motifs is 2. The van der Waals surface area contributed by atoms with E-state index in [0.717, 1.165) is 36.3 Å². The summed E-state index contributed by atoms with van der Waals surface area (Å²) in [6.45, 7) is 2.57. The molecular formula is C21H22N6O3. The van der Waals surface area contributed by atoms with Gasteiger partial charge in [0.1, 0.15) is 6.04 Å². The van der Waals surface area contributed by atoms with Crippen molar-refractivity contribution in [2.75, 3.05) is 11.9 Å². The van der Waals surface area contributed by atoms with Crippen LogP contribution >= 0.6 is 0 Å². The third kappa shape index (κ3) is 3.41. The van der Waals surface area contributed by atoms with Crippen LogP contribution in [0, 0.1) is 0 Å². The summed E-state index contributed by atoms with van der Waals surface area (Å²) in [6, 6.07) is 5.15. The molecule has 9 heteroatoms. The maximum atomic E-state index is 12.9. The van der Waals surface area contributed by atoms with Gasteiger partial charge in [-0.05, 0) is 42.1 Å². The molecule has 1 saturated heterocycles. The Bertz CT molecular complexity index is 1050. The van der Waals surface area contributed by atoms with Gasteiger partial charge in [0.05, 0.1) is 5.69 Å². The standard InChI is InChI=1S/C21H22N6O3/c28-18-4-3-17(19(29)26-18)27-11-14-2-1-12(7-15(14)20(27)30)8-23-21-24-9-13-5-6-22-10-16(13)25-21/h1-2,7,9,17,22H,3-6,8,10-11H2,(H,23,24,25)(H,26,28,29). The molecule has 1 unspecified atom stereocenters. The van der Waals surface area contributed by atoms with E-state index in [4.69, 9.17) is 0 Å². The highest BCUT2D eigenvalue weighted by Crippen LogP contribution is 2.28. The first kappa shape index (κ1) is 18.7. The van der Waals surface area contributed by atoms with Crippen molar-refractivity contribution in [1.29, 1.82) is 0 Å². The minimum absolute atomic E-state index is 0.169. The highest BCUT2D eigenvalue weighted by Gasteiger charge is 2.39. The van der Waals surface area contributed by atoms with Crippen LogP contribution in [0.5, 0.6) is 0 Å². The summed E-state index contributed by atoms with van der Waals surface area (Å²) in [6.07, 6.45) is 3.42. The van der Waals surface area contributed by atoms with E-state index in [1.807, 2.05) is 24.4 Å². The zero-order valence-corrected chi connectivity index (χ0v) is 16.4. The Hall–Kier alpha value is -3.33. The second-order valence-electron chi connectivity index (χ2n) is 7.84. The zero-order valence-electron chi connectivity index (χ0n) is 16.4. The van der Waals surface area contributed by atoms with Crippen molar-refractivity contribution in [3.63, 3.8) is 0 Å². The van der Waals surface area contributed by atoms with Crippen LogP contribution in [-0.2, 0) is 35.6 Å². The number of carbonyl (C=O) groups is 3. The molecule has 3 N–H and O–H groups in total. The van der Waals surface area contributed by atoms with E-state index < -0.39 is 11.9 Å². The van der Waals surface area contributed by atoms with Crippen molar-refractivity contribution in [2.45, 2.75) is 44.9 Å². The van der Waals surface area contributed by atoms with Gasteiger partial charge in [-0.3, -0.25) is 19.7 Å². The lowest BCUT2D eigenvalue weighted by Crippen LogP contribution is -2.52. The molecule has 0 bridgehead atoms. The van der Waals surface area contributed by atoms with Crippen LogP contribution in [0.4, 0.5) is 5.95 Å². The van der Waals surface area contributed by atoms with Gasteiger partial charge in [0.2, 0.25) is 17.8 Å². The number of imide groups is 1. The van der Waals surface area contributed by atoms with Crippen molar-refractivity contribution < 1.29 is 14.4 Å². The van der Waals surface area contributed by atoms with Gasteiger partial charge in [0.15, 0.2) is 0 Å². The second kappa shape index (κ2) is 7.49. The van der Waals surface area contributed by atoms with Crippen LogP contribution in [0.3, 0.4) is 0 Å². The Kier molecular flexibility index (Phi) is 4.66. The van der Waals surface area contributed by atoms with Crippen LogP contribution in [0.2, 0.25) is 0 Å². The fourth-order valence-electron chi connectivity index (χ4n) is 4.21. The summed E-state index contributed by atoms with van der Waals surface area (Å²) >= 11 is 0. The van der Waals surface area contributed by atoms with Crippen molar-refractivity contribution in [3.05, 3.63) is 52.3 Å². The topological polar surface area (TPSA) is 116 Å². The second-order valence-corrected chi connectivity index (χ2v) is 7.84. The smallest absolute Gasteiger partial charge is 0.255 e. The average Bonchev–Trinajstić information content (AvgIpc) is 3.08. The normalized spacial score (nSPS) is 20.6. The predicted octanol–water partition coefficient (Wildman–Crippen LogP) is 0.495. The van der Waals surface area contributed by atoms with Gasteiger partial charge >= 0.3 is 0 Å². The first-order chi connectivity index (χ1) is 14.6. The molecular weight excluding hydrogens is 384 g/mol. The number of benzene rings is 1. The van der Waals surface area contributed by atoms with E-state index in [-0.39, 0.29) is 18.2 Å². The molecule has 1 aromatic carbocycles. The number of hydrogen-bond acceptors (Lipinski definition) is 7. The van der Waals surface area contributed by atoms with Crippen molar-refractivity contribution in [3.8, 4) is 0 Å². The minimum Gasteiger partial charge on any atom is -0.350 e. The predicted molar refractivity (Wildman–Crippen MR) is 107 cm³/mol. The number of nitrogens with one attached hydrogen (secondary N) is 3. The molecule has 1 aromatic heterocycles. The van der Waals surface area contributed by atoms with Crippen molar-refractivity contribution in [2.24, 2.45) is 0 Å². The summed E-state index contributed by atoms with van der Waals surface area (Å²) in [5.41, 5.74) is 4.63. The van der Waals surface area contributed by atoms with Crippen molar-refractivity contribution in [1.82, 2.24) is 25.5 Å². The molecule has 3 aliphatic heterocycles. The summed E-state index contributed by atoms with van der Waals surface area (Å²) in [4.78, 5) is 47.0. The largest absolute Gasteiger partial charge is 0.350 e. The molecule has 0 spiro atoms. The molecule has 4 heterocycles. The number of rotatable bonds is 4. The quantitative estimate of drug-likeness (QED) is 0.633. The Labute approximate surface area is 173 Å². The average molecular weight is 406 g/mol. The Morgan fingerprint density at radius 2 is 2.07 bits per heavy atom. The number of nitrogens with zero attached hydrogens (tertiary/aromatic N) is 3. The van der Waals surface area contributed by atoms with E-state index >= 15 is 0 Å². The van der Waals surface area contributed by atoms with Gasteiger partial charge in [0.25, 0.3) is 5.91 Å². The minimum atomic E-state index is -0.596. The molecule has 3 aliphatic rings. The summed E-state index contributed by atoms with van der Waals surface area (Å²) in [7, 11) is 0. The third-order valence-electron chi connectivity index (χ3n) is 5.86. The van der Waals surface area contributed by atoms with Crippen LogP contribution in [0.1, 0.15) is 45.6 Å². The molecule has 9 nitrogen and oxygen atoms in total. The van der Waals surface area contributed by atoms with E-state index in [0.29, 0.717) is 31.0 Å². The summed E-state index contributed by atoms with van der Waals surface area (Å²) in [5.74, 6) is -0.283. The van der Waals surface area contributed by atoms with E-state index in [1.54, 1.807) is 4.90 Å². The van der Waals surface area contributed by atoms with Gasteiger partial charge in [0, 0.05) is 37.8 Å². The molecule has 5 rings (SSSR count). The molecule has 2 aromatic rings. The monoisotopic (exact) mass is 406 g/mol. The van der Waals surface area contributed by atoms with E-state index in [2.05, 4.69) is 25.9 Å². The first-order valence-corrected chi connectivity index (χ1v) is 10.1. The third-order valence-corrected chi connectivity index (χ3v) is 5.86. The molecule has 0 radical (unpaired) electrons. The van der Waals surface area contributed by atoms with E-state index in [1.165, 1.54) is 5.56 Å². The van der Waals surface area contributed by atoms with Crippen molar-refractivity contribution >= 4 is 23.7 Å². The van der Waals surface area contributed by atoms with Gasteiger partial charge < -0.3 is 15.5 Å². The van der Waals surface area contributed by atoms with Crippen LogP contribution in [0.15, 0.2) is 24.4 Å². The molecule has 3 amide bonds. The fraction of sp³-hybridized carbons (Fsp3) is 0.381. The maximum absolute atomic E-state index is 12.9. The first-order valence-electron chi connectivity index (χ1n) is 10.1. The van der Waals surface area contributed by atoms with Gasteiger partial charge in [-0.25, -0.2) is 9.97 Å². The molecule has 0 aliphatic carbocycles. The zero-order chi connectivity index (χ0) is 20.7. The Balaban J connectivity index is 1.28. The lowest BCUT2D eigenvalue weighted by atomic mass is 10.0. The summed E-state index contributed by atoms with van der Waals surface area (Å²) < 4.78 is 0. The van der Waals surface area contributed by atoms with Gasteiger partial charge in [-0.2, -0.15) is 0 Å². The highest BCUT2D eigenvalue weighted by atomic mass is 16.2. The number of anilines is 1. The highest BCUT2D eigenvalue weighted by molar-refractivity contribution is 6.05. The van der Waals surface area contributed by atoms with Crippen LogP contribution in [-0.4, -0.2) is 45.2 Å². The van der Waals surface area contributed by atoms with Gasteiger partial charge in [-0.1, -0.05) is 12.1 Å². The van der Waals surface area contributed by atoms with E-state index in [9.17, 15) is 14.4 Å². The number of amides is 3. The molecule has 0 saturated carbocycles. The number of piperidine rings is 1. The molecule has 1 fully saturated rings. The lowest BCUT2D eigenvalue weighted by molar-refractivity contribution is -0.136. The summed E-state index contributed by atoms with van der Waals surface area (Å²) in [5, 5.41) is 8.86. The SMILES string of the molecule is O=C1CCC(N2Cc3ccc(CNc4ncc5c(n4)CNCC5)cc3C2=O)C(=O)N1.